The molecule has 0 fully saturated rings. The van der Waals surface area contributed by atoms with Crippen LogP contribution in [0.2, 0.25) is 0 Å². The highest BCUT2D eigenvalue weighted by Crippen LogP contribution is 2.26. The second-order valence-electron chi connectivity index (χ2n) is 8.51. The molecule has 2 aromatic carbocycles. The molecular weight excluding hydrogens is 416 g/mol. The van der Waals surface area contributed by atoms with E-state index in [0.717, 1.165) is 51.5 Å². The van der Waals surface area contributed by atoms with E-state index in [4.69, 9.17) is 4.98 Å². The summed E-state index contributed by atoms with van der Waals surface area (Å²) in [7, 11) is 6.00. The fraction of sp³-hybridized carbons (Fsp3) is 0.217. The Morgan fingerprint density at radius 2 is 2.00 bits per heavy atom. The number of imidazole rings is 1. The Balaban J connectivity index is 1.21. The molecule has 0 aliphatic carbocycles. The van der Waals surface area contributed by atoms with Gasteiger partial charge in [0, 0.05) is 36.2 Å². The average molecular weight is 441 g/mol. The number of aromatic nitrogens is 7. The van der Waals surface area contributed by atoms with Crippen LogP contribution < -0.4 is 10.2 Å². The number of aryl methyl sites for hydroxylation is 1. The van der Waals surface area contributed by atoms with E-state index in [0.29, 0.717) is 12.5 Å². The third kappa shape index (κ3) is 3.60. The van der Waals surface area contributed by atoms with Crippen LogP contribution in [0.15, 0.2) is 48.8 Å². The lowest BCUT2D eigenvalue weighted by Crippen LogP contribution is -2.22. The summed E-state index contributed by atoms with van der Waals surface area (Å²) in [5.41, 5.74) is 5.04. The molecular formula is C23H24N10. The SMILES string of the molecule is CN(C)Cc1nc2ccc(Nc3nc4n(n3)C=CN(c3ccc5c(cnn5C)c3)C4)cc2[nH]1. The van der Waals surface area contributed by atoms with Crippen molar-refractivity contribution in [2.24, 2.45) is 7.05 Å². The molecule has 5 aromatic rings. The Kier molecular flexibility index (Phi) is 4.40. The number of fused-ring (bicyclic) bond motifs is 3. The number of hydrogen-bond acceptors (Lipinski definition) is 7. The highest BCUT2D eigenvalue weighted by molar-refractivity contribution is 5.83. The molecule has 33 heavy (non-hydrogen) atoms. The first-order chi connectivity index (χ1) is 16.0. The van der Waals surface area contributed by atoms with Crippen LogP contribution in [0, 0.1) is 0 Å². The first-order valence-electron chi connectivity index (χ1n) is 10.7. The predicted molar refractivity (Wildman–Crippen MR) is 129 cm³/mol. The summed E-state index contributed by atoms with van der Waals surface area (Å²) >= 11 is 0. The zero-order chi connectivity index (χ0) is 22.5. The molecule has 4 heterocycles. The van der Waals surface area contributed by atoms with Crippen LogP contribution in [-0.2, 0) is 20.1 Å². The molecule has 0 spiro atoms. The van der Waals surface area contributed by atoms with Crippen LogP contribution in [0.3, 0.4) is 0 Å². The standard InChI is InChI=1S/C23H24N10/c1-30(2)13-21-26-18-6-4-16(11-19(18)27-21)25-23-28-22-14-32(8-9-33(22)29-23)17-5-7-20-15(10-17)12-24-31(20)3/h4-12H,13-14H2,1-3H3,(H,25,29)(H,26,27). The van der Waals surface area contributed by atoms with Crippen molar-refractivity contribution in [2.75, 3.05) is 24.3 Å². The van der Waals surface area contributed by atoms with Gasteiger partial charge < -0.3 is 20.1 Å². The number of rotatable bonds is 5. The van der Waals surface area contributed by atoms with Crippen LogP contribution in [0.1, 0.15) is 11.6 Å². The van der Waals surface area contributed by atoms with E-state index < -0.39 is 0 Å². The fourth-order valence-corrected chi connectivity index (χ4v) is 4.14. The van der Waals surface area contributed by atoms with E-state index in [2.05, 4.69) is 53.5 Å². The van der Waals surface area contributed by atoms with Crippen molar-refractivity contribution in [1.82, 2.24) is 39.4 Å². The van der Waals surface area contributed by atoms with Gasteiger partial charge in [0.1, 0.15) is 5.82 Å². The average Bonchev–Trinajstić information content (AvgIpc) is 3.48. The van der Waals surface area contributed by atoms with Crippen molar-refractivity contribution in [3.63, 3.8) is 0 Å². The van der Waals surface area contributed by atoms with Crippen LogP contribution in [-0.4, -0.2) is 53.5 Å². The van der Waals surface area contributed by atoms with Crippen molar-refractivity contribution >= 4 is 45.5 Å². The van der Waals surface area contributed by atoms with Gasteiger partial charge in [-0.25, -0.2) is 9.67 Å². The quantitative estimate of drug-likeness (QED) is 0.433. The van der Waals surface area contributed by atoms with Gasteiger partial charge in [0.15, 0.2) is 5.82 Å². The topological polar surface area (TPSA) is 95.7 Å². The van der Waals surface area contributed by atoms with E-state index in [1.54, 1.807) is 0 Å². The molecule has 10 heteroatoms. The summed E-state index contributed by atoms with van der Waals surface area (Å²) < 4.78 is 3.69. The third-order valence-corrected chi connectivity index (χ3v) is 5.72. The fourth-order valence-electron chi connectivity index (χ4n) is 4.14. The Labute approximate surface area is 190 Å². The maximum atomic E-state index is 4.71. The van der Waals surface area contributed by atoms with E-state index in [-0.39, 0.29) is 0 Å². The number of hydrogen-bond donors (Lipinski definition) is 2. The van der Waals surface area contributed by atoms with Gasteiger partial charge in [-0.1, -0.05) is 0 Å². The highest BCUT2D eigenvalue weighted by atomic mass is 15.4. The highest BCUT2D eigenvalue weighted by Gasteiger charge is 2.17. The van der Waals surface area contributed by atoms with Crippen molar-refractivity contribution in [2.45, 2.75) is 13.1 Å². The molecule has 166 valence electrons. The van der Waals surface area contributed by atoms with Crippen molar-refractivity contribution < 1.29 is 0 Å². The molecule has 0 unspecified atom stereocenters. The lowest BCUT2D eigenvalue weighted by Gasteiger charge is -2.23. The minimum atomic E-state index is 0.562. The monoisotopic (exact) mass is 440 g/mol. The number of aromatic amines is 1. The molecule has 0 bridgehead atoms. The number of anilines is 3. The first kappa shape index (κ1) is 19.5. The number of nitrogens with one attached hydrogen (secondary N) is 2. The van der Waals surface area contributed by atoms with Gasteiger partial charge in [-0.3, -0.25) is 4.68 Å². The molecule has 2 N–H and O–H groups in total. The summed E-state index contributed by atoms with van der Waals surface area (Å²) in [6, 6.07) is 12.4. The summed E-state index contributed by atoms with van der Waals surface area (Å²) in [4.78, 5) is 17.0. The normalized spacial score (nSPS) is 13.4. The van der Waals surface area contributed by atoms with Gasteiger partial charge in [-0.15, -0.1) is 5.10 Å². The lowest BCUT2D eigenvalue weighted by molar-refractivity contribution is 0.392. The summed E-state index contributed by atoms with van der Waals surface area (Å²) in [5.74, 6) is 2.37. The maximum absolute atomic E-state index is 4.71. The predicted octanol–water partition coefficient (Wildman–Crippen LogP) is 3.29. The molecule has 0 atom stereocenters. The second kappa shape index (κ2) is 7.45. The molecule has 10 nitrogen and oxygen atoms in total. The van der Waals surface area contributed by atoms with Crippen LogP contribution >= 0.6 is 0 Å². The van der Waals surface area contributed by atoms with Gasteiger partial charge in [-0.2, -0.15) is 10.1 Å². The Hall–Kier alpha value is -4.18. The van der Waals surface area contributed by atoms with E-state index in [1.807, 2.05) is 67.3 Å². The minimum absolute atomic E-state index is 0.562. The Bertz CT molecular complexity index is 1500. The lowest BCUT2D eigenvalue weighted by atomic mass is 10.2. The third-order valence-electron chi connectivity index (χ3n) is 5.72. The molecule has 1 aliphatic heterocycles. The number of H-pyrrole nitrogens is 1. The van der Waals surface area contributed by atoms with Gasteiger partial charge in [0.2, 0.25) is 5.95 Å². The van der Waals surface area contributed by atoms with Gasteiger partial charge in [-0.05, 0) is 50.5 Å². The molecule has 0 amide bonds. The van der Waals surface area contributed by atoms with Crippen molar-refractivity contribution in [3.8, 4) is 0 Å². The molecule has 1 aliphatic rings. The molecule has 3 aromatic heterocycles. The van der Waals surface area contributed by atoms with Crippen LogP contribution in [0.25, 0.3) is 28.1 Å². The van der Waals surface area contributed by atoms with Crippen LogP contribution in [0.4, 0.5) is 17.3 Å². The largest absolute Gasteiger partial charge is 0.341 e. The minimum Gasteiger partial charge on any atom is -0.341 e. The zero-order valence-corrected chi connectivity index (χ0v) is 18.7. The zero-order valence-electron chi connectivity index (χ0n) is 18.7. The molecule has 0 saturated carbocycles. The molecule has 0 radical (unpaired) electrons. The van der Waals surface area contributed by atoms with Crippen LogP contribution in [0.5, 0.6) is 0 Å². The first-order valence-corrected chi connectivity index (χ1v) is 10.7. The van der Waals surface area contributed by atoms with E-state index >= 15 is 0 Å². The van der Waals surface area contributed by atoms with E-state index in [9.17, 15) is 0 Å². The van der Waals surface area contributed by atoms with Crippen molar-refractivity contribution in [3.05, 3.63) is 60.4 Å². The molecule has 0 saturated heterocycles. The van der Waals surface area contributed by atoms with Crippen molar-refractivity contribution in [1.29, 1.82) is 0 Å². The van der Waals surface area contributed by atoms with Gasteiger partial charge >= 0.3 is 0 Å². The summed E-state index contributed by atoms with van der Waals surface area (Å²) in [6.07, 6.45) is 5.83. The summed E-state index contributed by atoms with van der Waals surface area (Å²) in [5, 5.41) is 13.4. The second-order valence-corrected chi connectivity index (χ2v) is 8.51. The molecule has 6 rings (SSSR count). The maximum Gasteiger partial charge on any atom is 0.247 e. The summed E-state index contributed by atoms with van der Waals surface area (Å²) in [6.45, 7) is 1.40. The van der Waals surface area contributed by atoms with E-state index in [1.165, 1.54) is 0 Å². The Morgan fingerprint density at radius 1 is 1.09 bits per heavy atom. The number of nitrogens with zero attached hydrogens (tertiary/aromatic N) is 8. The number of benzene rings is 2. The van der Waals surface area contributed by atoms with Gasteiger partial charge in [0.05, 0.1) is 35.8 Å². The smallest absolute Gasteiger partial charge is 0.247 e. The van der Waals surface area contributed by atoms with Gasteiger partial charge in [0.25, 0.3) is 0 Å². The Morgan fingerprint density at radius 3 is 2.88 bits per heavy atom.